The van der Waals surface area contributed by atoms with Gasteiger partial charge < -0.3 is 14.0 Å². The number of hydrogen-bond acceptors (Lipinski definition) is 2. The first-order valence-corrected chi connectivity index (χ1v) is 15.3. The maximum atomic E-state index is 6.30. The molecule has 0 atom stereocenters. The van der Waals surface area contributed by atoms with Crippen molar-refractivity contribution in [1.82, 2.24) is 4.57 Å². The van der Waals surface area contributed by atoms with Crippen molar-refractivity contribution in [2.45, 2.75) is 0 Å². The van der Waals surface area contributed by atoms with Crippen LogP contribution in [0.4, 0.5) is 0 Å². The second kappa shape index (κ2) is 9.22. The van der Waals surface area contributed by atoms with Gasteiger partial charge in [-0.25, -0.2) is 0 Å². The van der Waals surface area contributed by atoms with Gasteiger partial charge >= 0.3 is 0 Å². The quantitative estimate of drug-likeness (QED) is 0.191. The zero-order valence-electron chi connectivity index (χ0n) is 24.2. The molecule has 9 aromatic rings. The number of rotatable bonds is 2. The molecule has 2 heterocycles. The van der Waals surface area contributed by atoms with E-state index in [1.54, 1.807) is 0 Å². The van der Waals surface area contributed by atoms with Gasteiger partial charge in [-0.3, -0.25) is 0 Å². The Kier molecular flexibility index (Phi) is 5.00. The van der Waals surface area contributed by atoms with Gasteiger partial charge in [-0.15, -0.1) is 0 Å². The van der Waals surface area contributed by atoms with Gasteiger partial charge in [0.05, 0.1) is 11.0 Å². The summed E-state index contributed by atoms with van der Waals surface area (Å²) in [6, 6.07) is 53.8. The summed E-state index contributed by atoms with van der Waals surface area (Å²) in [4.78, 5) is 0. The highest BCUT2D eigenvalue weighted by Gasteiger charge is 2.22. The fourth-order valence-corrected chi connectivity index (χ4v) is 7.16. The highest BCUT2D eigenvalue weighted by atomic mass is 16.6. The van der Waals surface area contributed by atoms with Crippen LogP contribution in [0.25, 0.3) is 70.9 Å². The summed E-state index contributed by atoms with van der Waals surface area (Å²) in [6.45, 7) is 0. The van der Waals surface area contributed by atoms with E-state index in [9.17, 15) is 0 Å². The smallest absolute Gasteiger partial charge is 0.172 e. The minimum Gasteiger partial charge on any atom is -0.449 e. The maximum Gasteiger partial charge on any atom is 0.172 e. The Hall–Kier alpha value is -6.06. The molecule has 0 bridgehead atoms. The Morgan fingerprint density at radius 1 is 0.311 bits per heavy atom. The van der Waals surface area contributed by atoms with Crippen LogP contribution in [0.15, 0.2) is 152 Å². The van der Waals surface area contributed by atoms with Crippen LogP contribution in [0.5, 0.6) is 23.0 Å². The molecule has 0 fully saturated rings. The molecule has 10 rings (SSSR count). The summed E-state index contributed by atoms with van der Waals surface area (Å²) in [7, 11) is 0. The second-order valence-electron chi connectivity index (χ2n) is 11.7. The lowest BCUT2D eigenvalue weighted by molar-refractivity contribution is 0.360. The lowest BCUT2D eigenvalue weighted by Gasteiger charge is -2.20. The van der Waals surface area contributed by atoms with Crippen molar-refractivity contribution in [1.29, 1.82) is 0 Å². The molecule has 0 saturated heterocycles. The highest BCUT2D eigenvalue weighted by molar-refractivity contribution is 6.25. The molecular formula is C42H25NO2. The van der Waals surface area contributed by atoms with E-state index in [1.165, 1.54) is 48.8 Å². The van der Waals surface area contributed by atoms with Crippen LogP contribution < -0.4 is 9.47 Å². The fraction of sp³-hybridized carbons (Fsp3) is 0. The zero-order chi connectivity index (χ0) is 29.5. The van der Waals surface area contributed by atoms with E-state index in [1.807, 2.05) is 24.3 Å². The number of para-hydroxylation sites is 3. The molecule has 0 N–H and O–H groups in total. The number of ether oxygens (including phenoxy) is 2. The minimum absolute atomic E-state index is 0.720. The Morgan fingerprint density at radius 3 is 1.49 bits per heavy atom. The number of benzene rings is 8. The Balaban J connectivity index is 1.12. The standard InChI is InChI=1S/C42H25NO2/c1-2-11-31-29(9-1)30-10-3-4-12-32(30)35-23-27(19-22-33(31)35)26-17-20-28(21-18-26)43-37-14-6-5-13-34(37)36-24-41-42(25-38(36)43)45-40-16-8-7-15-39(40)44-41/h1-25H. The number of nitrogens with zero attached hydrogens (tertiary/aromatic N) is 1. The molecule has 0 unspecified atom stereocenters. The Morgan fingerprint density at radius 2 is 0.822 bits per heavy atom. The van der Waals surface area contributed by atoms with Crippen molar-refractivity contribution in [3.05, 3.63) is 152 Å². The summed E-state index contributed by atoms with van der Waals surface area (Å²) < 4.78 is 14.9. The molecule has 0 spiro atoms. The van der Waals surface area contributed by atoms with E-state index in [-0.39, 0.29) is 0 Å². The van der Waals surface area contributed by atoms with E-state index in [0.717, 1.165) is 45.1 Å². The molecule has 0 amide bonds. The highest BCUT2D eigenvalue weighted by Crippen LogP contribution is 2.48. The topological polar surface area (TPSA) is 23.4 Å². The van der Waals surface area contributed by atoms with Crippen LogP contribution in [0, 0.1) is 0 Å². The van der Waals surface area contributed by atoms with Crippen molar-refractivity contribution in [3.63, 3.8) is 0 Å². The van der Waals surface area contributed by atoms with Gasteiger partial charge in [-0.05, 0) is 85.9 Å². The minimum atomic E-state index is 0.720. The first kappa shape index (κ1) is 24.4. The summed E-state index contributed by atoms with van der Waals surface area (Å²) in [5, 5.41) is 10.0. The largest absolute Gasteiger partial charge is 0.449 e. The van der Waals surface area contributed by atoms with Crippen LogP contribution in [0.2, 0.25) is 0 Å². The van der Waals surface area contributed by atoms with Crippen molar-refractivity contribution < 1.29 is 9.47 Å². The van der Waals surface area contributed by atoms with Crippen LogP contribution in [0.1, 0.15) is 0 Å². The molecule has 1 aliphatic rings. The van der Waals surface area contributed by atoms with E-state index in [4.69, 9.17) is 9.47 Å². The van der Waals surface area contributed by atoms with Gasteiger partial charge in [0.1, 0.15) is 0 Å². The van der Waals surface area contributed by atoms with E-state index >= 15 is 0 Å². The van der Waals surface area contributed by atoms with Gasteiger partial charge in [0.25, 0.3) is 0 Å². The van der Waals surface area contributed by atoms with E-state index in [2.05, 4.69) is 132 Å². The lowest BCUT2D eigenvalue weighted by atomic mass is 9.92. The molecule has 210 valence electrons. The second-order valence-corrected chi connectivity index (χ2v) is 11.7. The molecule has 0 saturated carbocycles. The predicted octanol–water partition coefficient (Wildman–Crippen LogP) is 11.8. The molecule has 45 heavy (non-hydrogen) atoms. The number of aromatic nitrogens is 1. The molecule has 0 radical (unpaired) electrons. The van der Waals surface area contributed by atoms with Crippen LogP contribution in [0.3, 0.4) is 0 Å². The average Bonchev–Trinajstić information content (AvgIpc) is 3.42. The van der Waals surface area contributed by atoms with Crippen molar-refractivity contribution >= 4 is 54.1 Å². The van der Waals surface area contributed by atoms with Crippen molar-refractivity contribution in [2.24, 2.45) is 0 Å². The molecule has 3 heteroatoms. The molecule has 8 aromatic carbocycles. The van der Waals surface area contributed by atoms with Crippen molar-refractivity contribution in [3.8, 4) is 39.8 Å². The summed E-state index contributed by atoms with van der Waals surface area (Å²) in [6.07, 6.45) is 0. The summed E-state index contributed by atoms with van der Waals surface area (Å²) >= 11 is 0. The first-order valence-electron chi connectivity index (χ1n) is 15.3. The molecule has 1 aliphatic heterocycles. The third-order valence-corrected chi connectivity index (χ3v) is 9.23. The summed E-state index contributed by atoms with van der Waals surface area (Å²) in [5.41, 5.74) is 5.71. The van der Waals surface area contributed by atoms with Gasteiger partial charge in [0, 0.05) is 22.5 Å². The van der Waals surface area contributed by atoms with Crippen molar-refractivity contribution in [2.75, 3.05) is 0 Å². The number of fused-ring (bicyclic) bond motifs is 11. The van der Waals surface area contributed by atoms with Crippen LogP contribution in [-0.4, -0.2) is 4.57 Å². The van der Waals surface area contributed by atoms with Gasteiger partial charge in [-0.1, -0.05) is 103 Å². The molecular weight excluding hydrogens is 550 g/mol. The predicted molar refractivity (Wildman–Crippen MR) is 185 cm³/mol. The van der Waals surface area contributed by atoms with E-state index in [0.29, 0.717) is 0 Å². The van der Waals surface area contributed by atoms with Gasteiger partial charge in [0.15, 0.2) is 23.0 Å². The lowest BCUT2D eigenvalue weighted by Crippen LogP contribution is -1.99. The Bertz CT molecular complexity index is 2610. The SMILES string of the molecule is c1ccc2c(c1)Oc1cc3c4ccccc4n(-c4ccc(-c5ccc6c7ccccc7c7ccccc7c6c5)cc4)c3cc1O2. The molecule has 1 aromatic heterocycles. The Labute approximate surface area is 259 Å². The van der Waals surface area contributed by atoms with Gasteiger partial charge in [0.2, 0.25) is 0 Å². The summed E-state index contributed by atoms with van der Waals surface area (Å²) in [5.74, 6) is 2.92. The fourth-order valence-electron chi connectivity index (χ4n) is 7.16. The normalized spacial score (nSPS) is 12.4. The first-order chi connectivity index (χ1) is 22.3. The third-order valence-electron chi connectivity index (χ3n) is 9.23. The number of hydrogen-bond donors (Lipinski definition) is 0. The maximum absolute atomic E-state index is 6.30. The third kappa shape index (κ3) is 3.58. The van der Waals surface area contributed by atoms with Crippen LogP contribution >= 0.6 is 0 Å². The molecule has 0 aliphatic carbocycles. The van der Waals surface area contributed by atoms with Crippen LogP contribution in [-0.2, 0) is 0 Å². The van der Waals surface area contributed by atoms with E-state index < -0.39 is 0 Å². The van der Waals surface area contributed by atoms with Gasteiger partial charge in [-0.2, -0.15) is 0 Å². The zero-order valence-corrected chi connectivity index (χ0v) is 24.2. The monoisotopic (exact) mass is 575 g/mol. The average molecular weight is 576 g/mol. The molecule has 3 nitrogen and oxygen atoms in total.